The molecule has 0 amide bonds. The molecule has 0 bridgehead atoms. The van der Waals surface area contributed by atoms with Crippen LogP contribution in [0.5, 0.6) is 0 Å². The van der Waals surface area contributed by atoms with Crippen LogP contribution in [0.25, 0.3) is 0 Å². The third-order valence-corrected chi connectivity index (χ3v) is 4.14. The molecule has 1 aromatic rings. The van der Waals surface area contributed by atoms with Crippen molar-refractivity contribution in [1.82, 2.24) is 20.0 Å². The topological polar surface area (TPSA) is 33.1 Å². The predicted octanol–water partition coefficient (Wildman–Crippen LogP) is 1.44. The fraction of sp³-hybridized carbons (Fsp3) is 0.786. The minimum atomic E-state index is 0.708. The van der Waals surface area contributed by atoms with Crippen molar-refractivity contribution in [2.24, 2.45) is 7.05 Å². The molecule has 1 unspecified atom stereocenters. The van der Waals surface area contributed by atoms with Crippen molar-refractivity contribution >= 4 is 0 Å². The van der Waals surface area contributed by atoms with Gasteiger partial charge in [-0.3, -0.25) is 9.58 Å². The van der Waals surface area contributed by atoms with Crippen molar-refractivity contribution in [3.05, 3.63) is 17.5 Å². The van der Waals surface area contributed by atoms with Crippen LogP contribution in [-0.4, -0.2) is 39.9 Å². The Morgan fingerprint density at radius 1 is 1.44 bits per heavy atom. The first-order valence-electron chi connectivity index (χ1n) is 7.19. The normalized spacial score (nSPS) is 24.1. The van der Waals surface area contributed by atoms with Crippen LogP contribution in [0.15, 0.2) is 6.07 Å². The van der Waals surface area contributed by atoms with E-state index in [1.807, 2.05) is 4.68 Å². The van der Waals surface area contributed by atoms with E-state index in [9.17, 15) is 0 Å². The highest BCUT2D eigenvalue weighted by Gasteiger charge is 2.31. The van der Waals surface area contributed by atoms with Gasteiger partial charge in [0.2, 0.25) is 0 Å². The van der Waals surface area contributed by atoms with Crippen molar-refractivity contribution < 1.29 is 0 Å². The Balaban J connectivity index is 1.64. The molecule has 0 radical (unpaired) electrons. The van der Waals surface area contributed by atoms with E-state index in [1.54, 1.807) is 0 Å². The Bertz CT molecular complexity index is 402. The molecule has 4 nitrogen and oxygen atoms in total. The average molecular weight is 248 g/mol. The molecule has 2 heterocycles. The maximum Gasteiger partial charge on any atom is 0.0597 e. The Hall–Kier alpha value is -0.870. The molecular formula is C14H24N4. The Labute approximate surface area is 109 Å². The number of aryl methyl sites for hydroxylation is 2. The molecule has 0 spiro atoms. The summed E-state index contributed by atoms with van der Waals surface area (Å²) in [5, 5.41) is 8.06. The summed E-state index contributed by atoms with van der Waals surface area (Å²) in [7, 11) is 2.06. The fourth-order valence-corrected chi connectivity index (χ4v) is 3.00. The van der Waals surface area contributed by atoms with Gasteiger partial charge in [0.1, 0.15) is 0 Å². The molecule has 3 rings (SSSR count). The Kier molecular flexibility index (Phi) is 3.39. The van der Waals surface area contributed by atoms with E-state index in [0.29, 0.717) is 6.04 Å². The maximum absolute atomic E-state index is 4.45. The van der Waals surface area contributed by atoms with Crippen molar-refractivity contribution in [3.8, 4) is 0 Å². The van der Waals surface area contributed by atoms with Crippen molar-refractivity contribution in [2.75, 3.05) is 13.1 Å². The molecule has 18 heavy (non-hydrogen) atoms. The summed E-state index contributed by atoms with van der Waals surface area (Å²) in [6, 6.07) is 3.75. The molecule has 0 aromatic carbocycles. The maximum atomic E-state index is 4.45. The van der Waals surface area contributed by atoms with Gasteiger partial charge in [0, 0.05) is 32.2 Å². The van der Waals surface area contributed by atoms with Gasteiger partial charge in [-0.15, -0.1) is 0 Å². The molecule has 1 N–H and O–H groups in total. The van der Waals surface area contributed by atoms with Crippen LogP contribution in [0.4, 0.5) is 0 Å². The lowest BCUT2D eigenvalue weighted by molar-refractivity contribution is 0.225. The van der Waals surface area contributed by atoms with Gasteiger partial charge < -0.3 is 5.32 Å². The van der Waals surface area contributed by atoms with Gasteiger partial charge >= 0.3 is 0 Å². The predicted molar refractivity (Wildman–Crippen MR) is 72.4 cm³/mol. The first kappa shape index (κ1) is 12.2. The van der Waals surface area contributed by atoms with E-state index in [-0.39, 0.29) is 0 Å². The second-order valence-electron chi connectivity index (χ2n) is 5.85. The van der Waals surface area contributed by atoms with Gasteiger partial charge in [-0.2, -0.15) is 5.10 Å². The van der Waals surface area contributed by atoms with Gasteiger partial charge in [-0.05, 0) is 45.2 Å². The Morgan fingerprint density at radius 2 is 2.28 bits per heavy atom. The van der Waals surface area contributed by atoms with Gasteiger partial charge in [0.25, 0.3) is 0 Å². The van der Waals surface area contributed by atoms with Crippen LogP contribution in [0.1, 0.15) is 37.1 Å². The molecule has 1 aromatic heterocycles. The third-order valence-electron chi connectivity index (χ3n) is 4.14. The van der Waals surface area contributed by atoms with E-state index in [1.165, 1.54) is 44.5 Å². The number of nitrogens with zero attached hydrogens (tertiary/aromatic N) is 3. The van der Waals surface area contributed by atoms with Crippen LogP contribution < -0.4 is 5.32 Å². The van der Waals surface area contributed by atoms with Crippen LogP contribution in [0.2, 0.25) is 0 Å². The van der Waals surface area contributed by atoms with Gasteiger partial charge in [-0.1, -0.05) is 0 Å². The second kappa shape index (κ2) is 5.02. The van der Waals surface area contributed by atoms with Crippen molar-refractivity contribution in [1.29, 1.82) is 0 Å². The smallest absolute Gasteiger partial charge is 0.0597 e. The highest BCUT2D eigenvalue weighted by molar-refractivity contribution is 5.09. The van der Waals surface area contributed by atoms with Crippen LogP contribution >= 0.6 is 0 Å². The number of aromatic nitrogens is 2. The molecule has 1 saturated heterocycles. The minimum absolute atomic E-state index is 0.708. The molecule has 1 atom stereocenters. The lowest BCUT2D eigenvalue weighted by Crippen LogP contribution is -2.38. The number of hydrogen-bond acceptors (Lipinski definition) is 3. The van der Waals surface area contributed by atoms with Gasteiger partial charge in [0.05, 0.1) is 11.4 Å². The molecule has 1 aliphatic heterocycles. The van der Waals surface area contributed by atoms with Crippen LogP contribution in [-0.2, 0) is 13.6 Å². The zero-order chi connectivity index (χ0) is 12.5. The largest absolute Gasteiger partial charge is 0.313 e. The van der Waals surface area contributed by atoms with E-state index in [4.69, 9.17) is 0 Å². The summed E-state index contributed by atoms with van der Waals surface area (Å²) in [6.45, 7) is 5.53. The quantitative estimate of drug-likeness (QED) is 0.856. The fourth-order valence-electron chi connectivity index (χ4n) is 3.00. The third kappa shape index (κ3) is 2.75. The molecule has 100 valence electrons. The minimum Gasteiger partial charge on any atom is -0.313 e. The van der Waals surface area contributed by atoms with E-state index < -0.39 is 0 Å². The first-order chi connectivity index (χ1) is 8.72. The highest BCUT2D eigenvalue weighted by Crippen LogP contribution is 2.29. The zero-order valence-electron chi connectivity index (χ0n) is 11.5. The van der Waals surface area contributed by atoms with Gasteiger partial charge in [-0.25, -0.2) is 0 Å². The summed E-state index contributed by atoms with van der Waals surface area (Å²) in [6.07, 6.45) is 5.44. The summed E-state index contributed by atoms with van der Waals surface area (Å²) in [4.78, 5) is 2.65. The Morgan fingerprint density at radius 3 is 2.83 bits per heavy atom. The summed E-state index contributed by atoms with van der Waals surface area (Å²) in [5.74, 6) is 0. The van der Waals surface area contributed by atoms with Crippen LogP contribution in [0.3, 0.4) is 0 Å². The van der Waals surface area contributed by atoms with E-state index in [2.05, 4.69) is 35.4 Å². The zero-order valence-corrected chi connectivity index (χ0v) is 11.5. The summed E-state index contributed by atoms with van der Waals surface area (Å²) < 4.78 is 2.03. The molecule has 1 saturated carbocycles. The number of hydrogen-bond donors (Lipinski definition) is 1. The molecule has 1 aliphatic carbocycles. The molecular weight excluding hydrogens is 224 g/mol. The van der Waals surface area contributed by atoms with Gasteiger partial charge in [0.15, 0.2) is 0 Å². The summed E-state index contributed by atoms with van der Waals surface area (Å²) in [5.41, 5.74) is 2.47. The SMILES string of the molecule is Cc1cc(CN(CC2CCCN2)C2CC2)n(C)n1. The standard InChI is InChI=1S/C14H24N4/c1-11-8-14(17(2)16-11)10-18(13-5-6-13)9-12-4-3-7-15-12/h8,12-13,15H,3-7,9-10H2,1-2H3. The second-order valence-corrected chi connectivity index (χ2v) is 5.85. The number of nitrogens with one attached hydrogen (secondary N) is 1. The number of rotatable bonds is 5. The molecule has 2 fully saturated rings. The van der Waals surface area contributed by atoms with Crippen LogP contribution in [0, 0.1) is 6.92 Å². The monoisotopic (exact) mass is 248 g/mol. The van der Waals surface area contributed by atoms with Crippen molar-refractivity contribution in [2.45, 2.75) is 51.2 Å². The molecule has 4 heteroatoms. The first-order valence-corrected chi connectivity index (χ1v) is 7.19. The van der Waals surface area contributed by atoms with E-state index >= 15 is 0 Å². The summed E-state index contributed by atoms with van der Waals surface area (Å²) >= 11 is 0. The molecule has 2 aliphatic rings. The lowest BCUT2D eigenvalue weighted by Gasteiger charge is -2.25. The lowest BCUT2D eigenvalue weighted by atomic mass is 10.2. The highest BCUT2D eigenvalue weighted by atomic mass is 15.3. The average Bonchev–Trinajstić information content (AvgIpc) is 2.96. The van der Waals surface area contributed by atoms with E-state index in [0.717, 1.165) is 18.3 Å². The van der Waals surface area contributed by atoms with Crippen molar-refractivity contribution in [3.63, 3.8) is 0 Å².